The van der Waals surface area contributed by atoms with Crippen LogP contribution >= 0.6 is 0 Å². The van der Waals surface area contributed by atoms with Crippen molar-refractivity contribution in [1.29, 1.82) is 0 Å². The number of phenols is 2. The zero-order chi connectivity index (χ0) is 15.4. The smallest absolute Gasteiger partial charge is 0.344 e. The molecular formula is C15H10F2O4. The molecule has 0 fully saturated rings. The minimum Gasteiger partial charge on any atom is -0.508 e. The van der Waals surface area contributed by atoms with E-state index in [4.69, 9.17) is 4.42 Å². The first-order chi connectivity index (χ1) is 9.77. The Labute approximate surface area is 116 Å². The lowest BCUT2D eigenvalue weighted by Gasteiger charge is -2.13. The van der Waals surface area contributed by atoms with Gasteiger partial charge < -0.3 is 14.6 Å². The fourth-order valence-corrected chi connectivity index (χ4v) is 2.31. The van der Waals surface area contributed by atoms with Crippen LogP contribution < -0.4 is 5.63 Å². The summed E-state index contributed by atoms with van der Waals surface area (Å²) in [5.74, 6) is -4.01. The van der Waals surface area contributed by atoms with Crippen LogP contribution in [0, 0.1) is 0 Å². The highest BCUT2D eigenvalue weighted by Gasteiger charge is 2.29. The van der Waals surface area contributed by atoms with Crippen molar-refractivity contribution in [3.63, 3.8) is 0 Å². The normalized spacial score (nSPS) is 12.1. The standard InChI is InChI=1S/C15H10F2O4/c1-15(16,17)11-5-9-8-3-2-7(18)4-10(8)14(20)21-13(9)6-12(11)19/h2-6,18-19H,1H3. The van der Waals surface area contributed by atoms with E-state index in [1.54, 1.807) is 0 Å². The fourth-order valence-electron chi connectivity index (χ4n) is 2.31. The number of halogens is 2. The lowest BCUT2D eigenvalue weighted by molar-refractivity contribution is 0.0153. The van der Waals surface area contributed by atoms with Gasteiger partial charge in [-0.15, -0.1) is 0 Å². The first-order valence-corrected chi connectivity index (χ1v) is 6.08. The molecule has 0 saturated heterocycles. The molecule has 0 amide bonds. The number of hydrogen-bond donors (Lipinski definition) is 2. The molecule has 0 unspecified atom stereocenters. The maximum Gasteiger partial charge on any atom is 0.344 e. The summed E-state index contributed by atoms with van der Waals surface area (Å²) in [5, 5.41) is 19.8. The van der Waals surface area contributed by atoms with Crippen molar-refractivity contribution >= 4 is 21.7 Å². The molecule has 6 heteroatoms. The van der Waals surface area contributed by atoms with Gasteiger partial charge in [0.05, 0.1) is 10.9 Å². The van der Waals surface area contributed by atoms with Crippen molar-refractivity contribution in [2.75, 3.05) is 0 Å². The lowest BCUT2D eigenvalue weighted by atomic mass is 10.0. The summed E-state index contributed by atoms with van der Waals surface area (Å²) >= 11 is 0. The van der Waals surface area contributed by atoms with Gasteiger partial charge in [-0.05, 0) is 24.3 Å². The van der Waals surface area contributed by atoms with Crippen LogP contribution in [0.5, 0.6) is 11.5 Å². The van der Waals surface area contributed by atoms with Crippen LogP contribution in [-0.4, -0.2) is 10.2 Å². The third-order valence-electron chi connectivity index (χ3n) is 3.29. The Morgan fingerprint density at radius 1 is 1.05 bits per heavy atom. The zero-order valence-corrected chi connectivity index (χ0v) is 10.9. The number of aromatic hydroxyl groups is 2. The second-order valence-corrected chi connectivity index (χ2v) is 4.87. The predicted molar refractivity (Wildman–Crippen MR) is 72.9 cm³/mol. The van der Waals surface area contributed by atoms with Gasteiger partial charge in [-0.25, -0.2) is 13.6 Å². The molecule has 2 N–H and O–H groups in total. The largest absolute Gasteiger partial charge is 0.508 e. The molecule has 1 aromatic heterocycles. The van der Waals surface area contributed by atoms with Gasteiger partial charge in [-0.1, -0.05) is 0 Å². The second kappa shape index (κ2) is 4.18. The van der Waals surface area contributed by atoms with Crippen molar-refractivity contribution in [2.45, 2.75) is 12.8 Å². The molecular weight excluding hydrogens is 282 g/mol. The Morgan fingerprint density at radius 3 is 2.43 bits per heavy atom. The Hall–Kier alpha value is -2.63. The highest BCUT2D eigenvalue weighted by atomic mass is 19.3. The minimum absolute atomic E-state index is 0.00342. The average Bonchev–Trinajstić information content (AvgIpc) is 2.37. The molecule has 0 saturated carbocycles. The molecule has 21 heavy (non-hydrogen) atoms. The Balaban J connectivity index is 2.51. The molecule has 0 aliphatic heterocycles. The summed E-state index contributed by atoms with van der Waals surface area (Å²) in [6.07, 6.45) is 0. The van der Waals surface area contributed by atoms with Crippen LogP contribution in [0.4, 0.5) is 8.78 Å². The van der Waals surface area contributed by atoms with Crippen LogP contribution in [0.2, 0.25) is 0 Å². The number of alkyl halides is 2. The number of hydrogen-bond acceptors (Lipinski definition) is 4. The zero-order valence-electron chi connectivity index (χ0n) is 10.9. The van der Waals surface area contributed by atoms with Gasteiger partial charge in [-0.2, -0.15) is 0 Å². The lowest BCUT2D eigenvalue weighted by Crippen LogP contribution is -2.08. The van der Waals surface area contributed by atoms with Crippen molar-refractivity contribution in [1.82, 2.24) is 0 Å². The number of rotatable bonds is 1. The van der Waals surface area contributed by atoms with Crippen molar-refractivity contribution in [3.8, 4) is 11.5 Å². The van der Waals surface area contributed by atoms with Crippen LogP contribution in [0.1, 0.15) is 12.5 Å². The van der Waals surface area contributed by atoms with Gasteiger partial charge in [-0.3, -0.25) is 0 Å². The number of fused-ring (bicyclic) bond motifs is 3. The summed E-state index contributed by atoms with van der Waals surface area (Å²) in [7, 11) is 0. The van der Waals surface area contributed by atoms with Gasteiger partial charge in [0.15, 0.2) is 0 Å². The first kappa shape index (κ1) is 13.4. The first-order valence-electron chi connectivity index (χ1n) is 6.08. The van der Waals surface area contributed by atoms with E-state index < -0.39 is 22.9 Å². The van der Waals surface area contributed by atoms with Crippen molar-refractivity contribution in [2.24, 2.45) is 0 Å². The number of phenolic OH excluding ortho intramolecular Hbond substituents is 2. The molecule has 4 nitrogen and oxygen atoms in total. The highest BCUT2D eigenvalue weighted by Crippen LogP contribution is 2.38. The maximum atomic E-state index is 13.5. The van der Waals surface area contributed by atoms with Crippen molar-refractivity contribution < 1.29 is 23.4 Å². The fraction of sp³-hybridized carbons (Fsp3) is 0.133. The molecule has 0 atom stereocenters. The van der Waals surface area contributed by atoms with E-state index >= 15 is 0 Å². The molecule has 0 radical (unpaired) electrons. The Morgan fingerprint density at radius 2 is 1.76 bits per heavy atom. The van der Waals surface area contributed by atoms with Crippen LogP contribution in [0.25, 0.3) is 21.7 Å². The third-order valence-corrected chi connectivity index (χ3v) is 3.29. The summed E-state index contributed by atoms with van der Waals surface area (Å²) < 4.78 is 32.0. The highest BCUT2D eigenvalue weighted by molar-refractivity contribution is 6.05. The minimum atomic E-state index is -3.24. The van der Waals surface area contributed by atoms with E-state index in [0.29, 0.717) is 12.3 Å². The molecule has 2 aromatic carbocycles. The van der Waals surface area contributed by atoms with E-state index in [1.165, 1.54) is 18.2 Å². The van der Waals surface area contributed by atoms with E-state index in [2.05, 4.69) is 0 Å². The Kier molecular flexibility index (Phi) is 2.66. The van der Waals surface area contributed by atoms with Crippen molar-refractivity contribution in [3.05, 3.63) is 46.3 Å². The van der Waals surface area contributed by atoms with Gasteiger partial charge in [0.2, 0.25) is 0 Å². The molecule has 3 rings (SSSR count). The Bertz CT molecular complexity index is 923. The maximum absolute atomic E-state index is 13.5. The topological polar surface area (TPSA) is 70.7 Å². The third kappa shape index (κ3) is 2.08. The van der Waals surface area contributed by atoms with Crippen LogP contribution in [0.15, 0.2) is 39.5 Å². The average molecular weight is 292 g/mol. The molecule has 0 bridgehead atoms. The predicted octanol–water partition coefficient (Wildman–Crippen LogP) is 3.47. The van der Waals surface area contributed by atoms with E-state index in [0.717, 1.165) is 12.1 Å². The summed E-state index contributed by atoms with van der Waals surface area (Å²) in [6.45, 7) is 0.668. The summed E-state index contributed by atoms with van der Waals surface area (Å²) in [5.41, 5.74) is -1.27. The van der Waals surface area contributed by atoms with Crippen LogP contribution in [-0.2, 0) is 5.92 Å². The summed E-state index contributed by atoms with van der Waals surface area (Å²) in [6, 6.07) is 6.08. The quantitative estimate of drug-likeness (QED) is 0.532. The molecule has 1 heterocycles. The molecule has 3 aromatic rings. The van der Waals surface area contributed by atoms with Gasteiger partial charge in [0, 0.05) is 23.8 Å². The summed E-state index contributed by atoms with van der Waals surface area (Å²) in [4.78, 5) is 11.8. The van der Waals surface area contributed by atoms with Gasteiger partial charge in [0.1, 0.15) is 17.1 Å². The number of benzene rings is 2. The van der Waals surface area contributed by atoms with E-state index in [9.17, 15) is 23.8 Å². The van der Waals surface area contributed by atoms with E-state index in [1.807, 2.05) is 0 Å². The molecule has 108 valence electrons. The van der Waals surface area contributed by atoms with Gasteiger partial charge in [0.25, 0.3) is 5.92 Å². The molecule has 0 aliphatic carbocycles. The van der Waals surface area contributed by atoms with E-state index in [-0.39, 0.29) is 22.1 Å². The monoisotopic (exact) mass is 292 g/mol. The van der Waals surface area contributed by atoms with Gasteiger partial charge >= 0.3 is 5.63 Å². The molecule has 0 spiro atoms. The molecule has 0 aliphatic rings. The SMILES string of the molecule is CC(F)(F)c1cc2c(cc1O)oc(=O)c1cc(O)ccc12. The van der Waals surface area contributed by atoms with Crippen LogP contribution in [0.3, 0.4) is 0 Å². The second-order valence-electron chi connectivity index (χ2n) is 4.87.